The number of benzene rings is 1. The van der Waals surface area contributed by atoms with Crippen LogP contribution in [-0.4, -0.2) is 44.3 Å². The Morgan fingerprint density at radius 3 is 2.36 bits per heavy atom. The lowest BCUT2D eigenvalue weighted by Gasteiger charge is -2.09. The fraction of sp³-hybridized carbons (Fsp3) is 0.429. The van der Waals surface area contributed by atoms with Gasteiger partial charge in [-0.2, -0.15) is 13.2 Å². The third-order valence-electron chi connectivity index (χ3n) is 2.49. The Morgan fingerprint density at radius 2 is 1.73 bits per heavy atom. The van der Waals surface area contributed by atoms with Crippen LogP contribution in [0.5, 0.6) is 0 Å². The van der Waals surface area contributed by atoms with Gasteiger partial charge in [0.05, 0.1) is 19.6 Å². The molecule has 1 rings (SSSR count). The molecule has 1 aromatic rings. The van der Waals surface area contributed by atoms with Crippen molar-refractivity contribution < 1.29 is 27.5 Å². The molecular weight excluding hydrogens is 301 g/mol. The molecule has 0 bridgehead atoms. The van der Waals surface area contributed by atoms with Crippen LogP contribution in [0.4, 0.5) is 13.2 Å². The highest BCUT2D eigenvalue weighted by Gasteiger charge is 2.27. The summed E-state index contributed by atoms with van der Waals surface area (Å²) in [6.07, 6.45) is -4.22. The van der Waals surface area contributed by atoms with Crippen molar-refractivity contribution in [3.63, 3.8) is 0 Å². The summed E-state index contributed by atoms with van der Waals surface area (Å²) in [6.45, 7) is -1.88. The highest BCUT2D eigenvalue weighted by molar-refractivity contribution is 5.85. The second kappa shape index (κ2) is 9.04. The van der Waals surface area contributed by atoms with Crippen LogP contribution in [0.25, 0.3) is 0 Å². The summed E-state index contributed by atoms with van der Waals surface area (Å²) in [5.41, 5.74) is 0.820. The second-order valence-corrected chi connectivity index (χ2v) is 4.46. The summed E-state index contributed by atoms with van der Waals surface area (Å²) in [7, 11) is 0. The molecule has 0 saturated carbocycles. The van der Waals surface area contributed by atoms with Crippen LogP contribution in [0.1, 0.15) is 5.56 Å². The van der Waals surface area contributed by atoms with Gasteiger partial charge < -0.3 is 15.4 Å². The van der Waals surface area contributed by atoms with E-state index < -0.39 is 18.7 Å². The Bertz CT molecular complexity index is 478. The minimum atomic E-state index is -4.38. The zero-order chi connectivity index (χ0) is 16.4. The van der Waals surface area contributed by atoms with E-state index in [1.807, 2.05) is 6.07 Å². The molecule has 5 nitrogen and oxygen atoms in total. The van der Waals surface area contributed by atoms with Crippen LogP contribution in [0.2, 0.25) is 0 Å². The Balaban J connectivity index is 2.09. The molecule has 8 heteroatoms. The van der Waals surface area contributed by atoms with Gasteiger partial charge in [-0.05, 0) is 5.56 Å². The smallest absolute Gasteiger partial charge is 0.370 e. The Kier molecular flexibility index (Phi) is 7.38. The minimum Gasteiger partial charge on any atom is -0.370 e. The largest absolute Gasteiger partial charge is 0.411 e. The molecule has 0 radical (unpaired) electrons. The fourth-order valence-corrected chi connectivity index (χ4v) is 1.54. The topological polar surface area (TPSA) is 67.4 Å². The van der Waals surface area contributed by atoms with E-state index in [9.17, 15) is 22.8 Å². The highest BCUT2D eigenvalue weighted by atomic mass is 19.4. The summed E-state index contributed by atoms with van der Waals surface area (Å²) >= 11 is 0. The molecule has 1 aromatic carbocycles. The number of hydrogen-bond acceptors (Lipinski definition) is 3. The monoisotopic (exact) mass is 318 g/mol. The lowest BCUT2D eigenvalue weighted by molar-refractivity contribution is -0.173. The number of nitrogens with one attached hydrogen (secondary N) is 2. The van der Waals surface area contributed by atoms with E-state index in [4.69, 9.17) is 0 Å². The van der Waals surface area contributed by atoms with Gasteiger partial charge >= 0.3 is 6.18 Å². The molecule has 0 aliphatic rings. The molecule has 2 N–H and O–H groups in total. The molecule has 0 saturated heterocycles. The first-order valence-corrected chi connectivity index (χ1v) is 6.58. The van der Waals surface area contributed by atoms with Gasteiger partial charge in [0.25, 0.3) is 0 Å². The lowest BCUT2D eigenvalue weighted by Crippen LogP contribution is -2.39. The number of amides is 2. The predicted octanol–water partition coefficient (Wildman–Crippen LogP) is 1.04. The fourth-order valence-electron chi connectivity index (χ4n) is 1.54. The van der Waals surface area contributed by atoms with E-state index >= 15 is 0 Å². The number of rotatable bonds is 8. The number of carbonyl (C=O) groups is 2. The van der Waals surface area contributed by atoms with Gasteiger partial charge in [-0.3, -0.25) is 9.59 Å². The molecule has 2 amide bonds. The minimum absolute atomic E-state index is 0.0521. The van der Waals surface area contributed by atoms with E-state index in [1.165, 1.54) is 0 Å². The molecule has 0 fully saturated rings. The van der Waals surface area contributed by atoms with Gasteiger partial charge in [0.15, 0.2) is 0 Å². The number of carbonyl (C=O) groups excluding carboxylic acids is 2. The van der Waals surface area contributed by atoms with Crippen molar-refractivity contribution in [1.29, 1.82) is 0 Å². The highest BCUT2D eigenvalue weighted by Crippen LogP contribution is 2.13. The SMILES string of the molecule is O=C(CNC(=O)Cc1ccccc1)NCCOCC(F)(F)F. The number of alkyl halides is 3. The molecule has 0 spiro atoms. The molecule has 0 atom stereocenters. The zero-order valence-corrected chi connectivity index (χ0v) is 11.8. The predicted molar refractivity (Wildman–Crippen MR) is 73.0 cm³/mol. The third-order valence-corrected chi connectivity index (χ3v) is 2.49. The van der Waals surface area contributed by atoms with Crippen LogP contribution in [0, 0.1) is 0 Å². The molecule has 0 aliphatic carbocycles. The summed E-state index contributed by atoms with van der Waals surface area (Å²) < 4.78 is 39.6. The van der Waals surface area contributed by atoms with E-state index in [0.717, 1.165) is 5.56 Å². The van der Waals surface area contributed by atoms with Gasteiger partial charge in [0.1, 0.15) is 6.61 Å². The molecule has 22 heavy (non-hydrogen) atoms. The lowest BCUT2D eigenvalue weighted by atomic mass is 10.1. The van der Waals surface area contributed by atoms with E-state index in [-0.39, 0.29) is 32.0 Å². The number of hydrogen-bond donors (Lipinski definition) is 2. The van der Waals surface area contributed by atoms with Gasteiger partial charge in [0, 0.05) is 6.54 Å². The standard InChI is InChI=1S/C14H17F3N2O3/c15-14(16,17)10-22-7-6-18-13(21)9-19-12(20)8-11-4-2-1-3-5-11/h1-5H,6-10H2,(H,18,21)(H,19,20). The van der Waals surface area contributed by atoms with Crippen LogP contribution in [-0.2, 0) is 20.7 Å². The Labute approximate surface area is 125 Å². The van der Waals surface area contributed by atoms with Crippen LogP contribution < -0.4 is 10.6 Å². The van der Waals surface area contributed by atoms with Crippen molar-refractivity contribution in [2.45, 2.75) is 12.6 Å². The molecule has 0 aliphatic heterocycles. The van der Waals surface area contributed by atoms with E-state index in [1.54, 1.807) is 24.3 Å². The zero-order valence-electron chi connectivity index (χ0n) is 11.8. The summed E-state index contributed by atoms with van der Waals surface area (Å²) in [5, 5.41) is 4.77. The first kappa shape index (κ1) is 18.0. The summed E-state index contributed by atoms with van der Waals surface area (Å²) in [5.74, 6) is -0.799. The average Bonchev–Trinajstić information content (AvgIpc) is 2.44. The number of halogens is 3. The summed E-state index contributed by atoms with van der Waals surface area (Å²) in [4.78, 5) is 22.9. The van der Waals surface area contributed by atoms with Crippen LogP contribution >= 0.6 is 0 Å². The Morgan fingerprint density at radius 1 is 1.05 bits per heavy atom. The van der Waals surface area contributed by atoms with Crippen molar-refractivity contribution in [1.82, 2.24) is 10.6 Å². The van der Waals surface area contributed by atoms with E-state index in [0.29, 0.717) is 0 Å². The molecule has 122 valence electrons. The van der Waals surface area contributed by atoms with Gasteiger partial charge in [-0.15, -0.1) is 0 Å². The third kappa shape index (κ3) is 8.96. The number of ether oxygens (including phenoxy) is 1. The van der Waals surface area contributed by atoms with Crippen molar-refractivity contribution in [2.24, 2.45) is 0 Å². The van der Waals surface area contributed by atoms with Crippen LogP contribution in [0.3, 0.4) is 0 Å². The van der Waals surface area contributed by atoms with Crippen molar-refractivity contribution in [3.05, 3.63) is 35.9 Å². The first-order valence-electron chi connectivity index (χ1n) is 6.58. The van der Waals surface area contributed by atoms with Crippen LogP contribution in [0.15, 0.2) is 30.3 Å². The van der Waals surface area contributed by atoms with E-state index in [2.05, 4.69) is 15.4 Å². The van der Waals surface area contributed by atoms with Gasteiger partial charge in [-0.25, -0.2) is 0 Å². The summed E-state index contributed by atoms with van der Waals surface area (Å²) in [6, 6.07) is 9.01. The van der Waals surface area contributed by atoms with Crippen molar-refractivity contribution in [3.8, 4) is 0 Å². The second-order valence-electron chi connectivity index (χ2n) is 4.46. The quantitative estimate of drug-likeness (QED) is 0.704. The van der Waals surface area contributed by atoms with Gasteiger partial charge in [0.2, 0.25) is 11.8 Å². The average molecular weight is 318 g/mol. The normalized spacial score (nSPS) is 11.0. The van der Waals surface area contributed by atoms with Crippen molar-refractivity contribution in [2.75, 3.05) is 26.3 Å². The molecule has 0 heterocycles. The maximum Gasteiger partial charge on any atom is 0.411 e. The maximum atomic E-state index is 11.8. The molecule has 0 aromatic heterocycles. The molecular formula is C14H17F3N2O3. The maximum absolute atomic E-state index is 11.8. The molecule has 0 unspecified atom stereocenters. The van der Waals surface area contributed by atoms with Crippen molar-refractivity contribution >= 4 is 11.8 Å². The van der Waals surface area contributed by atoms with Gasteiger partial charge in [-0.1, -0.05) is 30.3 Å². The Hall–Kier alpha value is -2.09. The first-order chi connectivity index (χ1) is 10.4.